The molecule has 0 heterocycles. The van der Waals surface area contributed by atoms with Gasteiger partial charge in [0.2, 0.25) is 0 Å². The number of hydrogen-bond donors (Lipinski definition) is 0. The fourth-order valence-corrected chi connectivity index (χ4v) is 2.24. The fraction of sp³-hybridized carbons (Fsp3) is 0.882. The van der Waals surface area contributed by atoms with Crippen LogP contribution in [0.5, 0.6) is 0 Å². The summed E-state index contributed by atoms with van der Waals surface area (Å²) in [6, 6.07) is 0. The summed E-state index contributed by atoms with van der Waals surface area (Å²) in [6.45, 7) is 8.16. The molecule has 0 fully saturated rings. The minimum Gasteiger partial charge on any atom is -0.465 e. The molecule has 0 aliphatic heterocycles. The number of ether oxygens (including phenoxy) is 1. The lowest BCUT2D eigenvalue weighted by atomic mass is 9.93. The number of unbranched alkanes of at least 4 members (excludes halogenated alkanes) is 4. The first kappa shape index (κ1) is 19.1. The van der Waals surface area contributed by atoms with E-state index < -0.39 is 5.92 Å². The molecule has 0 bridgehead atoms. The SMILES string of the molecule is CCCCCCCC(C)CCC(=O)C(C)C(=O)OCC. The van der Waals surface area contributed by atoms with Crippen LogP contribution in [0, 0.1) is 11.8 Å². The van der Waals surface area contributed by atoms with Gasteiger partial charge in [0.15, 0.2) is 0 Å². The first-order chi connectivity index (χ1) is 9.52. The van der Waals surface area contributed by atoms with Crippen molar-refractivity contribution in [1.29, 1.82) is 0 Å². The Bertz CT molecular complexity index is 273. The lowest BCUT2D eigenvalue weighted by molar-refractivity contribution is -0.150. The molecule has 0 spiro atoms. The smallest absolute Gasteiger partial charge is 0.316 e. The number of rotatable bonds is 12. The van der Waals surface area contributed by atoms with Crippen molar-refractivity contribution in [3.05, 3.63) is 0 Å². The van der Waals surface area contributed by atoms with E-state index in [9.17, 15) is 9.59 Å². The Hall–Kier alpha value is -0.860. The van der Waals surface area contributed by atoms with E-state index in [2.05, 4.69) is 13.8 Å². The summed E-state index contributed by atoms with van der Waals surface area (Å²) in [5.41, 5.74) is 0. The topological polar surface area (TPSA) is 43.4 Å². The van der Waals surface area contributed by atoms with Crippen LogP contribution in [0.15, 0.2) is 0 Å². The van der Waals surface area contributed by atoms with Gasteiger partial charge in [-0.05, 0) is 26.2 Å². The average Bonchev–Trinajstić information content (AvgIpc) is 2.43. The standard InChI is InChI=1S/C17H32O3/c1-5-7-8-9-10-11-14(3)12-13-16(18)15(4)17(19)20-6-2/h14-15H,5-13H2,1-4H3. The molecule has 0 aromatic rings. The van der Waals surface area contributed by atoms with E-state index in [4.69, 9.17) is 4.74 Å². The third-order valence-corrected chi connectivity index (χ3v) is 3.81. The van der Waals surface area contributed by atoms with Crippen molar-refractivity contribution in [2.24, 2.45) is 11.8 Å². The molecular formula is C17H32O3. The molecule has 0 aliphatic carbocycles. The third-order valence-electron chi connectivity index (χ3n) is 3.81. The van der Waals surface area contributed by atoms with Gasteiger partial charge < -0.3 is 4.74 Å². The van der Waals surface area contributed by atoms with Gasteiger partial charge >= 0.3 is 5.97 Å². The van der Waals surface area contributed by atoms with Gasteiger partial charge in [-0.2, -0.15) is 0 Å². The van der Waals surface area contributed by atoms with E-state index in [1.54, 1.807) is 13.8 Å². The van der Waals surface area contributed by atoms with Gasteiger partial charge in [0, 0.05) is 6.42 Å². The van der Waals surface area contributed by atoms with Crippen molar-refractivity contribution < 1.29 is 14.3 Å². The van der Waals surface area contributed by atoms with Crippen LogP contribution in [0.2, 0.25) is 0 Å². The van der Waals surface area contributed by atoms with Crippen molar-refractivity contribution in [2.45, 2.75) is 79.1 Å². The fourth-order valence-electron chi connectivity index (χ4n) is 2.24. The van der Waals surface area contributed by atoms with Crippen LogP contribution < -0.4 is 0 Å². The van der Waals surface area contributed by atoms with Crippen LogP contribution in [0.1, 0.15) is 79.1 Å². The Labute approximate surface area is 124 Å². The Morgan fingerprint density at radius 1 is 0.950 bits per heavy atom. The summed E-state index contributed by atoms with van der Waals surface area (Å²) in [4.78, 5) is 23.3. The second kappa shape index (κ2) is 11.9. The van der Waals surface area contributed by atoms with Gasteiger partial charge in [-0.1, -0.05) is 52.4 Å². The molecule has 3 heteroatoms. The molecule has 0 amide bonds. The number of Topliss-reactive ketones (excluding diaryl/α,β-unsaturated/α-hetero) is 1. The molecule has 0 radical (unpaired) electrons. The largest absolute Gasteiger partial charge is 0.465 e. The zero-order valence-corrected chi connectivity index (χ0v) is 13.7. The minimum atomic E-state index is -0.605. The van der Waals surface area contributed by atoms with Gasteiger partial charge in [-0.15, -0.1) is 0 Å². The molecule has 0 aliphatic rings. The minimum absolute atomic E-state index is 0.0151. The quantitative estimate of drug-likeness (QED) is 0.300. The highest BCUT2D eigenvalue weighted by Crippen LogP contribution is 2.17. The molecule has 0 N–H and O–H groups in total. The van der Waals surface area contributed by atoms with Gasteiger partial charge in [-0.3, -0.25) is 9.59 Å². The highest BCUT2D eigenvalue weighted by Gasteiger charge is 2.22. The molecule has 2 atom stereocenters. The maximum atomic E-state index is 11.9. The number of carbonyl (C=O) groups excluding carboxylic acids is 2. The number of esters is 1. The Morgan fingerprint density at radius 2 is 1.60 bits per heavy atom. The molecule has 118 valence electrons. The molecule has 0 saturated heterocycles. The maximum Gasteiger partial charge on any atom is 0.316 e. The Balaban J connectivity index is 3.74. The Morgan fingerprint density at radius 3 is 2.20 bits per heavy atom. The summed E-state index contributed by atoms with van der Waals surface area (Å²) in [5.74, 6) is -0.410. The third kappa shape index (κ3) is 9.11. The summed E-state index contributed by atoms with van der Waals surface area (Å²) < 4.78 is 4.87. The average molecular weight is 284 g/mol. The van der Waals surface area contributed by atoms with Crippen LogP contribution in [-0.4, -0.2) is 18.4 Å². The highest BCUT2D eigenvalue weighted by atomic mass is 16.5. The number of hydrogen-bond acceptors (Lipinski definition) is 3. The van der Waals surface area contributed by atoms with Gasteiger partial charge in [0.25, 0.3) is 0 Å². The number of ketones is 1. The predicted octanol–water partition coefficient (Wildman–Crippen LogP) is 4.53. The number of carbonyl (C=O) groups is 2. The Kier molecular flexibility index (Phi) is 11.4. The normalized spacial score (nSPS) is 13.8. The van der Waals surface area contributed by atoms with Crippen LogP contribution in [0.4, 0.5) is 0 Å². The van der Waals surface area contributed by atoms with Crippen LogP contribution >= 0.6 is 0 Å². The molecule has 0 aromatic carbocycles. The first-order valence-corrected chi connectivity index (χ1v) is 8.22. The van der Waals surface area contributed by atoms with E-state index in [0.29, 0.717) is 18.9 Å². The van der Waals surface area contributed by atoms with E-state index >= 15 is 0 Å². The highest BCUT2D eigenvalue weighted by molar-refractivity contribution is 5.98. The zero-order chi connectivity index (χ0) is 15.4. The molecule has 20 heavy (non-hydrogen) atoms. The van der Waals surface area contributed by atoms with Gasteiger partial charge in [-0.25, -0.2) is 0 Å². The molecular weight excluding hydrogens is 252 g/mol. The molecule has 3 nitrogen and oxygen atoms in total. The summed E-state index contributed by atoms with van der Waals surface area (Å²) >= 11 is 0. The second-order valence-corrected chi connectivity index (χ2v) is 5.79. The van der Waals surface area contributed by atoms with Crippen LogP contribution in [-0.2, 0) is 14.3 Å². The molecule has 0 rings (SSSR count). The van der Waals surface area contributed by atoms with Crippen molar-refractivity contribution in [1.82, 2.24) is 0 Å². The monoisotopic (exact) mass is 284 g/mol. The van der Waals surface area contributed by atoms with E-state index in [0.717, 1.165) is 6.42 Å². The second-order valence-electron chi connectivity index (χ2n) is 5.79. The molecule has 2 unspecified atom stereocenters. The van der Waals surface area contributed by atoms with Crippen LogP contribution in [0.3, 0.4) is 0 Å². The van der Waals surface area contributed by atoms with E-state index in [-0.39, 0.29) is 11.8 Å². The predicted molar refractivity (Wildman–Crippen MR) is 82.6 cm³/mol. The van der Waals surface area contributed by atoms with Crippen LogP contribution in [0.25, 0.3) is 0 Å². The van der Waals surface area contributed by atoms with Crippen molar-refractivity contribution in [3.63, 3.8) is 0 Å². The van der Waals surface area contributed by atoms with E-state index in [1.165, 1.54) is 38.5 Å². The molecule has 0 aromatic heterocycles. The van der Waals surface area contributed by atoms with Crippen molar-refractivity contribution in [2.75, 3.05) is 6.61 Å². The maximum absolute atomic E-state index is 11.9. The lowest BCUT2D eigenvalue weighted by Crippen LogP contribution is -2.23. The molecule has 0 saturated carbocycles. The zero-order valence-electron chi connectivity index (χ0n) is 13.7. The first-order valence-electron chi connectivity index (χ1n) is 8.22. The lowest BCUT2D eigenvalue weighted by Gasteiger charge is -2.13. The summed E-state index contributed by atoms with van der Waals surface area (Å²) in [7, 11) is 0. The van der Waals surface area contributed by atoms with Gasteiger partial charge in [0.05, 0.1) is 6.61 Å². The van der Waals surface area contributed by atoms with Crippen molar-refractivity contribution >= 4 is 11.8 Å². The van der Waals surface area contributed by atoms with Crippen molar-refractivity contribution in [3.8, 4) is 0 Å². The van der Waals surface area contributed by atoms with E-state index in [1.807, 2.05) is 0 Å². The van der Waals surface area contributed by atoms with Gasteiger partial charge in [0.1, 0.15) is 11.7 Å². The summed E-state index contributed by atoms with van der Waals surface area (Å²) in [5, 5.41) is 0. The summed E-state index contributed by atoms with van der Waals surface area (Å²) in [6.07, 6.45) is 9.03.